The molecule has 1 heterocycles. The van der Waals surface area contributed by atoms with E-state index in [1.165, 1.54) is 28.6 Å². The Labute approximate surface area is 164 Å². The van der Waals surface area contributed by atoms with Crippen molar-refractivity contribution in [2.24, 2.45) is 0 Å². The first-order valence-corrected chi connectivity index (χ1v) is 10.4. The number of carbonyl (C=O) groups excluding carboxylic acids is 1. The fourth-order valence-electron chi connectivity index (χ4n) is 3.19. The van der Waals surface area contributed by atoms with Crippen LogP contribution in [0.1, 0.15) is 28.4 Å². The molecule has 1 aliphatic heterocycles. The number of esters is 1. The molecule has 0 saturated carbocycles. The van der Waals surface area contributed by atoms with Gasteiger partial charge in [0.05, 0.1) is 31.3 Å². The lowest BCUT2D eigenvalue weighted by Crippen LogP contribution is -2.36. The summed E-state index contributed by atoms with van der Waals surface area (Å²) in [6, 6.07) is 9.52. The highest BCUT2D eigenvalue weighted by Crippen LogP contribution is 2.34. The van der Waals surface area contributed by atoms with Crippen LogP contribution in [0.25, 0.3) is 0 Å². The van der Waals surface area contributed by atoms with Gasteiger partial charge in [-0.1, -0.05) is 0 Å². The SMILES string of the molecule is CCOC(=O)c1ccc(S(=O)(=O)N2CCc3cc(OC)c(OC)cc3C2)cc1. The Balaban J connectivity index is 1.85. The minimum absolute atomic E-state index is 0.143. The topological polar surface area (TPSA) is 82.1 Å². The number of sulfonamides is 1. The van der Waals surface area contributed by atoms with E-state index in [9.17, 15) is 13.2 Å². The van der Waals surface area contributed by atoms with Gasteiger partial charge in [-0.05, 0) is 60.9 Å². The normalized spacial score (nSPS) is 14.2. The van der Waals surface area contributed by atoms with E-state index in [0.29, 0.717) is 30.0 Å². The molecule has 7 nitrogen and oxygen atoms in total. The number of methoxy groups -OCH3 is 2. The van der Waals surface area contributed by atoms with Crippen molar-refractivity contribution < 1.29 is 27.4 Å². The highest BCUT2D eigenvalue weighted by atomic mass is 32.2. The van der Waals surface area contributed by atoms with Crippen molar-refractivity contribution in [1.82, 2.24) is 4.31 Å². The van der Waals surface area contributed by atoms with Gasteiger partial charge in [0.1, 0.15) is 0 Å². The lowest BCUT2D eigenvalue weighted by Gasteiger charge is -2.29. The first kappa shape index (κ1) is 20.2. The van der Waals surface area contributed by atoms with Crippen LogP contribution in [0.15, 0.2) is 41.3 Å². The second-order valence-electron chi connectivity index (χ2n) is 6.31. The van der Waals surface area contributed by atoms with Crippen molar-refractivity contribution in [2.75, 3.05) is 27.4 Å². The van der Waals surface area contributed by atoms with Gasteiger partial charge < -0.3 is 14.2 Å². The molecule has 0 saturated heterocycles. The first-order valence-electron chi connectivity index (χ1n) is 8.91. The molecule has 0 unspecified atom stereocenters. The van der Waals surface area contributed by atoms with Crippen LogP contribution in [0.5, 0.6) is 11.5 Å². The lowest BCUT2D eigenvalue weighted by molar-refractivity contribution is 0.0526. The Morgan fingerprint density at radius 3 is 2.21 bits per heavy atom. The maximum absolute atomic E-state index is 13.0. The Bertz CT molecular complexity index is 969. The zero-order chi connectivity index (χ0) is 20.3. The summed E-state index contributed by atoms with van der Waals surface area (Å²) in [7, 11) is -0.564. The summed E-state index contributed by atoms with van der Waals surface area (Å²) >= 11 is 0. The number of ether oxygens (including phenoxy) is 3. The van der Waals surface area contributed by atoms with Crippen LogP contribution >= 0.6 is 0 Å². The van der Waals surface area contributed by atoms with Crippen molar-refractivity contribution in [3.63, 3.8) is 0 Å². The molecule has 8 heteroatoms. The van der Waals surface area contributed by atoms with Crippen molar-refractivity contribution in [2.45, 2.75) is 24.8 Å². The van der Waals surface area contributed by atoms with Gasteiger partial charge in [-0.2, -0.15) is 4.31 Å². The third kappa shape index (κ3) is 3.83. The number of rotatable bonds is 6. The molecule has 2 aromatic rings. The smallest absolute Gasteiger partial charge is 0.338 e. The predicted octanol–water partition coefficient (Wildman–Crippen LogP) is 2.63. The van der Waals surface area contributed by atoms with Crippen LogP contribution in [-0.2, 0) is 27.7 Å². The second kappa shape index (κ2) is 8.20. The zero-order valence-electron chi connectivity index (χ0n) is 16.1. The standard InChI is InChI=1S/C20H23NO6S/c1-4-27-20(22)14-5-7-17(8-6-14)28(23,24)21-10-9-15-11-18(25-2)19(26-3)12-16(15)13-21/h5-8,11-12H,4,9-10,13H2,1-3H3. The molecule has 0 atom stereocenters. The third-order valence-corrected chi connectivity index (χ3v) is 6.55. The highest BCUT2D eigenvalue weighted by Gasteiger charge is 2.29. The molecule has 150 valence electrons. The molecule has 2 aromatic carbocycles. The number of hydrogen-bond donors (Lipinski definition) is 0. The molecule has 3 rings (SSSR count). The number of fused-ring (bicyclic) bond motifs is 1. The van der Waals surface area contributed by atoms with E-state index in [-0.39, 0.29) is 18.0 Å². The van der Waals surface area contributed by atoms with Crippen molar-refractivity contribution in [1.29, 1.82) is 0 Å². The van der Waals surface area contributed by atoms with Crippen molar-refractivity contribution in [3.05, 3.63) is 53.1 Å². The van der Waals surface area contributed by atoms with Crippen LogP contribution in [0.3, 0.4) is 0 Å². The van der Waals surface area contributed by atoms with E-state index in [0.717, 1.165) is 11.1 Å². The van der Waals surface area contributed by atoms with Gasteiger partial charge in [-0.15, -0.1) is 0 Å². The van der Waals surface area contributed by atoms with Gasteiger partial charge in [0.2, 0.25) is 10.0 Å². The Morgan fingerprint density at radius 1 is 1.04 bits per heavy atom. The third-order valence-electron chi connectivity index (χ3n) is 4.69. The molecule has 1 aliphatic rings. The summed E-state index contributed by atoms with van der Waals surface area (Å²) in [4.78, 5) is 11.9. The molecule has 28 heavy (non-hydrogen) atoms. The average molecular weight is 405 g/mol. The highest BCUT2D eigenvalue weighted by molar-refractivity contribution is 7.89. The molecule has 0 fully saturated rings. The summed E-state index contributed by atoms with van der Waals surface area (Å²) in [5, 5.41) is 0. The average Bonchev–Trinajstić information content (AvgIpc) is 2.72. The monoisotopic (exact) mass is 405 g/mol. The number of nitrogens with zero attached hydrogens (tertiary/aromatic N) is 1. The van der Waals surface area contributed by atoms with Crippen molar-refractivity contribution >= 4 is 16.0 Å². The molecule has 0 spiro atoms. The van der Waals surface area contributed by atoms with Gasteiger partial charge in [-0.25, -0.2) is 13.2 Å². The fraction of sp³-hybridized carbons (Fsp3) is 0.350. The predicted molar refractivity (Wildman–Crippen MR) is 103 cm³/mol. The molecule has 0 radical (unpaired) electrons. The van der Waals surface area contributed by atoms with Crippen LogP contribution in [0.2, 0.25) is 0 Å². The van der Waals surface area contributed by atoms with E-state index >= 15 is 0 Å². The van der Waals surface area contributed by atoms with E-state index in [4.69, 9.17) is 14.2 Å². The molecule has 0 aromatic heterocycles. The largest absolute Gasteiger partial charge is 0.493 e. The summed E-state index contributed by atoms with van der Waals surface area (Å²) in [5.74, 6) is 0.728. The van der Waals surface area contributed by atoms with Crippen LogP contribution in [-0.4, -0.2) is 46.1 Å². The summed E-state index contributed by atoms with van der Waals surface area (Å²) in [6.45, 7) is 2.60. The first-order chi connectivity index (χ1) is 13.4. The maximum Gasteiger partial charge on any atom is 0.338 e. The number of benzene rings is 2. The van der Waals surface area contributed by atoms with Gasteiger partial charge in [0.25, 0.3) is 0 Å². The quantitative estimate of drug-likeness (QED) is 0.687. The van der Waals surface area contributed by atoms with Gasteiger partial charge in [0, 0.05) is 13.1 Å². The Kier molecular flexibility index (Phi) is 5.90. The molecular weight excluding hydrogens is 382 g/mol. The van der Waals surface area contributed by atoms with E-state index in [2.05, 4.69) is 0 Å². The van der Waals surface area contributed by atoms with Gasteiger partial charge in [0.15, 0.2) is 11.5 Å². The minimum atomic E-state index is -3.69. The fourth-order valence-corrected chi connectivity index (χ4v) is 4.61. The molecule has 0 aliphatic carbocycles. The molecular formula is C20H23NO6S. The van der Waals surface area contributed by atoms with E-state index < -0.39 is 16.0 Å². The van der Waals surface area contributed by atoms with Gasteiger partial charge >= 0.3 is 5.97 Å². The minimum Gasteiger partial charge on any atom is -0.493 e. The number of hydrogen-bond acceptors (Lipinski definition) is 6. The summed E-state index contributed by atoms with van der Waals surface area (Å²) in [5.41, 5.74) is 2.25. The van der Waals surface area contributed by atoms with Crippen LogP contribution < -0.4 is 9.47 Å². The Hall–Kier alpha value is -2.58. The Morgan fingerprint density at radius 2 is 1.64 bits per heavy atom. The van der Waals surface area contributed by atoms with Crippen LogP contribution in [0.4, 0.5) is 0 Å². The van der Waals surface area contributed by atoms with E-state index in [1.807, 2.05) is 12.1 Å². The maximum atomic E-state index is 13.0. The zero-order valence-corrected chi connectivity index (χ0v) is 16.9. The summed E-state index contributed by atoms with van der Waals surface area (Å²) < 4.78 is 43.1. The molecule has 0 amide bonds. The van der Waals surface area contributed by atoms with Crippen LogP contribution in [0, 0.1) is 0 Å². The molecule has 0 N–H and O–H groups in total. The van der Waals surface area contributed by atoms with Gasteiger partial charge in [-0.3, -0.25) is 0 Å². The molecule has 0 bridgehead atoms. The van der Waals surface area contributed by atoms with E-state index in [1.54, 1.807) is 21.1 Å². The second-order valence-corrected chi connectivity index (χ2v) is 8.25. The summed E-state index contributed by atoms with van der Waals surface area (Å²) in [6.07, 6.45) is 0.579. The lowest BCUT2D eigenvalue weighted by atomic mass is 10.0. The number of carbonyl (C=O) groups is 1. The van der Waals surface area contributed by atoms with Crippen molar-refractivity contribution in [3.8, 4) is 11.5 Å².